The van der Waals surface area contributed by atoms with Gasteiger partial charge in [-0.3, -0.25) is 4.57 Å². The van der Waals surface area contributed by atoms with E-state index in [4.69, 9.17) is 19.9 Å². The van der Waals surface area contributed by atoms with E-state index in [0.29, 0.717) is 24.1 Å². The maximum absolute atomic E-state index is 5.39. The van der Waals surface area contributed by atoms with Gasteiger partial charge in [-0.1, -0.05) is 223 Å². The van der Waals surface area contributed by atoms with Gasteiger partial charge in [-0.05, 0) is 81.8 Å². The van der Waals surface area contributed by atoms with E-state index < -0.39 is 0 Å². The van der Waals surface area contributed by atoms with Gasteiger partial charge in [0.1, 0.15) is 12.5 Å². The van der Waals surface area contributed by atoms with Crippen molar-refractivity contribution < 1.29 is 0 Å². The number of nitrogens with zero attached hydrogens (tertiary/aromatic N) is 7. The summed E-state index contributed by atoms with van der Waals surface area (Å²) < 4.78 is 2.29. The Balaban J connectivity index is 0.940. The van der Waals surface area contributed by atoms with Crippen LogP contribution in [0.1, 0.15) is 51.3 Å². The summed E-state index contributed by atoms with van der Waals surface area (Å²) in [5.74, 6) is 2.64. The second kappa shape index (κ2) is 19.0. The fourth-order valence-electron chi connectivity index (χ4n) is 11.2. The molecule has 13 rings (SSSR count). The Morgan fingerprint density at radius 3 is 1.57 bits per heavy atom. The zero-order chi connectivity index (χ0) is 52.3. The van der Waals surface area contributed by atoms with Crippen LogP contribution in [0.25, 0.3) is 84.0 Å². The number of aromatic nitrogens is 5. The summed E-state index contributed by atoms with van der Waals surface area (Å²) >= 11 is 0. The number of hydrogen-bond donors (Lipinski definition) is 0. The smallest absolute Gasteiger partial charge is 0.164 e. The molecule has 9 aromatic carbocycles. The first-order valence-corrected chi connectivity index (χ1v) is 26.5. The fourth-order valence-corrected chi connectivity index (χ4v) is 11.2. The van der Waals surface area contributed by atoms with Crippen molar-refractivity contribution in [3.63, 3.8) is 0 Å². The van der Waals surface area contributed by atoms with Crippen LogP contribution >= 0.6 is 0 Å². The van der Waals surface area contributed by atoms with Crippen molar-refractivity contribution >= 4 is 44.6 Å². The van der Waals surface area contributed by atoms with E-state index in [-0.39, 0.29) is 10.8 Å². The van der Waals surface area contributed by atoms with Gasteiger partial charge in [-0.25, -0.2) is 19.9 Å². The van der Waals surface area contributed by atoms with E-state index in [0.717, 1.165) is 67.1 Å². The van der Waals surface area contributed by atoms with Gasteiger partial charge in [0.05, 0.1) is 28.1 Å². The Hall–Kier alpha value is -9.46. The first-order valence-electron chi connectivity index (χ1n) is 26.5. The Labute approximate surface area is 450 Å². The summed E-state index contributed by atoms with van der Waals surface area (Å²) in [5.41, 5.74) is 17.3. The van der Waals surface area contributed by atoms with Crippen LogP contribution in [-0.2, 0) is 10.8 Å². The highest BCUT2D eigenvalue weighted by molar-refractivity contribution is 6.10. The number of para-hydroxylation sites is 4. The highest BCUT2D eigenvalue weighted by atomic mass is 15.4. The van der Waals surface area contributed by atoms with E-state index in [1.807, 2.05) is 6.20 Å². The van der Waals surface area contributed by atoms with Crippen molar-refractivity contribution in [2.24, 2.45) is 0 Å². The summed E-state index contributed by atoms with van der Waals surface area (Å²) in [5, 5.41) is 2.28. The average Bonchev–Trinajstić information content (AvgIpc) is 4.09. The Bertz CT molecular complexity index is 4080. The van der Waals surface area contributed by atoms with E-state index in [1.165, 1.54) is 38.9 Å². The number of benzene rings is 9. The Morgan fingerprint density at radius 2 is 0.909 bits per heavy atom. The zero-order valence-corrected chi connectivity index (χ0v) is 43.9. The van der Waals surface area contributed by atoms with Gasteiger partial charge < -0.3 is 9.80 Å². The molecule has 0 N–H and O–H groups in total. The molecule has 372 valence electrons. The third kappa shape index (κ3) is 8.60. The minimum atomic E-state index is -0.250. The molecule has 7 heteroatoms. The van der Waals surface area contributed by atoms with E-state index in [1.54, 1.807) is 0 Å². The van der Waals surface area contributed by atoms with Crippen LogP contribution in [-0.4, -0.2) is 31.2 Å². The van der Waals surface area contributed by atoms with Gasteiger partial charge >= 0.3 is 0 Å². The molecule has 0 saturated carbocycles. The van der Waals surface area contributed by atoms with E-state index in [2.05, 4.69) is 286 Å². The lowest BCUT2D eigenvalue weighted by atomic mass is 9.78. The van der Waals surface area contributed by atoms with Gasteiger partial charge in [-0.2, -0.15) is 0 Å². The fraction of sp³-hybridized carbons (Fsp3) is 0.114. The summed E-state index contributed by atoms with van der Waals surface area (Å²) in [6.45, 7) is 11.9. The van der Waals surface area contributed by atoms with Gasteiger partial charge in [-0.15, -0.1) is 0 Å². The minimum Gasteiger partial charge on any atom is -0.321 e. The Kier molecular flexibility index (Phi) is 11.7. The molecule has 0 spiro atoms. The number of rotatable bonds is 10. The zero-order valence-electron chi connectivity index (χ0n) is 43.9. The first kappa shape index (κ1) is 47.3. The molecule has 3 aromatic heterocycles. The van der Waals surface area contributed by atoms with Gasteiger partial charge in [0.15, 0.2) is 17.5 Å². The lowest BCUT2D eigenvalue weighted by molar-refractivity contribution is 0.590. The third-order valence-corrected chi connectivity index (χ3v) is 15.4. The summed E-state index contributed by atoms with van der Waals surface area (Å²) in [6, 6.07) is 84.4. The molecule has 4 heterocycles. The Morgan fingerprint density at radius 1 is 0.377 bits per heavy atom. The van der Waals surface area contributed by atoms with Crippen LogP contribution in [0.15, 0.2) is 243 Å². The minimum absolute atomic E-state index is 0.00948. The van der Waals surface area contributed by atoms with Crippen molar-refractivity contribution in [2.75, 3.05) is 16.5 Å². The largest absolute Gasteiger partial charge is 0.321 e. The first-order chi connectivity index (χ1) is 37.6. The van der Waals surface area contributed by atoms with Crippen molar-refractivity contribution in [1.29, 1.82) is 0 Å². The molecule has 0 aliphatic carbocycles. The molecule has 0 saturated heterocycles. The number of pyridine rings is 1. The second-order valence-corrected chi connectivity index (χ2v) is 21.6. The molecular formula is C70H57N7. The van der Waals surface area contributed by atoms with Crippen LogP contribution in [0.3, 0.4) is 0 Å². The highest BCUT2D eigenvalue weighted by Gasteiger charge is 2.32. The summed E-state index contributed by atoms with van der Waals surface area (Å²) in [7, 11) is 0. The van der Waals surface area contributed by atoms with Crippen LogP contribution in [0, 0.1) is 0 Å². The molecule has 12 aromatic rings. The SMILES string of the molecule is CC(C)(C)c1ccc(-c2nc(-c3cccc(N4CN(c5c(-c6ccccc6)cccc5-c5ccccc5)c5ccccc54)c3)nc(-c3ccc4c5ccccc5n(-c5cc(C(C)(C)c6ccccc6)ccn5)c4c3)n2)cc1. The number of anilines is 4. The monoisotopic (exact) mass is 995 g/mol. The van der Waals surface area contributed by atoms with Crippen molar-refractivity contribution in [3.8, 4) is 62.2 Å². The van der Waals surface area contributed by atoms with E-state index in [9.17, 15) is 0 Å². The normalized spacial score (nSPS) is 12.6. The predicted molar refractivity (Wildman–Crippen MR) is 318 cm³/mol. The molecule has 0 unspecified atom stereocenters. The molecule has 1 aliphatic heterocycles. The lowest BCUT2D eigenvalue weighted by Gasteiger charge is -2.27. The highest BCUT2D eigenvalue weighted by Crippen LogP contribution is 2.50. The van der Waals surface area contributed by atoms with Crippen LogP contribution < -0.4 is 9.80 Å². The van der Waals surface area contributed by atoms with Crippen molar-refractivity contribution in [2.45, 2.75) is 45.4 Å². The lowest BCUT2D eigenvalue weighted by Crippen LogP contribution is -2.25. The quantitative estimate of drug-likeness (QED) is 0.136. The molecule has 0 atom stereocenters. The standard InChI is InChI=1S/C70H57N7/c1-69(2,3)52-38-35-49(36-39-52)66-72-67(74-68(73-66)51-37-40-59-58-29-15-16-32-60(58)77(63(59)44-51)64-45-54(41-42-71-64)70(4,5)53-26-13-8-14-27-53)50-25-19-28-55(43-50)75-46-76(62-34-18-17-33-61(62)75)65-56(47-21-9-6-10-22-47)30-20-31-57(65)48-23-11-7-12-24-48/h6-45H,46H2,1-5H3. The van der Waals surface area contributed by atoms with Crippen LogP contribution in [0.2, 0.25) is 0 Å². The van der Waals surface area contributed by atoms with Crippen molar-refractivity contribution in [1.82, 2.24) is 24.5 Å². The maximum atomic E-state index is 5.39. The van der Waals surface area contributed by atoms with Gasteiger partial charge in [0.2, 0.25) is 0 Å². The average molecular weight is 996 g/mol. The molecule has 0 fully saturated rings. The summed E-state index contributed by atoms with van der Waals surface area (Å²) in [6.07, 6.45) is 1.94. The molecule has 1 aliphatic rings. The van der Waals surface area contributed by atoms with Crippen LogP contribution in [0.4, 0.5) is 22.7 Å². The molecule has 0 radical (unpaired) electrons. The number of fused-ring (bicyclic) bond motifs is 4. The molecule has 7 nitrogen and oxygen atoms in total. The number of hydrogen-bond acceptors (Lipinski definition) is 6. The molecule has 0 bridgehead atoms. The molecule has 0 amide bonds. The van der Waals surface area contributed by atoms with Gasteiger partial charge in [0.25, 0.3) is 0 Å². The predicted octanol–water partition coefficient (Wildman–Crippen LogP) is 17.6. The third-order valence-electron chi connectivity index (χ3n) is 15.4. The van der Waals surface area contributed by atoms with Crippen molar-refractivity contribution in [3.05, 3.63) is 259 Å². The second-order valence-electron chi connectivity index (χ2n) is 21.6. The molecular weight excluding hydrogens is 939 g/mol. The molecule has 77 heavy (non-hydrogen) atoms. The summed E-state index contributed by atoms with van der Waals surface area (Å²) in [4.78, 5) is 25.9. The van der Waals surface area contributed by atoms with E-state index >= 15 is 0 Å². The van der Waals surface area contributed by atoms with Crippen LogP contribution in [0.5, 0.6) is 0 Å². The van der Waals surface area contributed by atoms with Gasteiger partial charge in [0, 0.05) is 55.9 Å². The topological polar surface area (TPSA) is 63.0 Å². The maximum Gasteiger partial charge on any atom is 0.164 e.